The van der Waals surface area contributed by atoms with Gasteiger partial charge in [-0.25, -0.2) is 0 Å². The molecule has 0 fully saturated rings. The summed E-state index contributed by atoms with van der Waals surface area (Å²) in [6.07, 6.45) is 0. The van der Waals surface area contributed by atoms with E-state index in [9.17, 15) is 9.59 Å². The highest BCUT2D eigenvalue weighted by Crippen LogP contribution is 2.37. The van der Waals surface area contributed by atoms with E-state index in [4.69, 9.17) is 16.3 Å². The van der Waals surface area contributed by atoms with Crippen molar-refractivity contribution < 1.29 is 14.3 Å². The fourth-order valence-corrected chi connectivity index (χ4v) is 3.55. The molecule has 6 nitrogen and oxygen atoms in total. The summed E-state index contributed by atoms with van der Waals surface area (Å²) in [6.45, 7) is 6.07. The van der Waals surface area contributed by atoms with Gasteiger partial charge in [0.05, 0.1) is 22.9 Å². The van der Waals surface area contributed by atoms with Crippen molar-refractivity contribution >= 4 is 40.5 Å². The van der Waals surface area contributed by atoms with E-state index in [1.165, 1.54) is 0 Å². The van der Waals surface area contributed by atoms with Crippen molar-refractivity contribution in [1.82, 2.24) is 0 Å². The normalized spacial score (nSPS) is 12.7. The molecule has 2 aromatic rings. The van der Waals surface area contributed by atoms with Crippen molar-refractivity contribution in [2.24, 2.45) is 0 Å². The highest BCUT2D eigenvalue weighted by molar-refractivity contribution is 6.33. The van der Waals surface area contributed by atoms with Gasteiger partial charge in [0, 0.05) is 18.8 Å². The molecular weight excluding hydrogens is 366 g/mol. The smallest absolute Gasteiger partial charge is 0.262 e. The largest absolute Gasteiger partial charge is 0.482 e. The van der Waals surface area contributed by atoms with Gasteiger partial charge in [-0.2, -0.15) is 0 Å². The van der Waals surface area contributed by atoms with Gasteiger partial charge in [0.15, 0.2) is 6.61 Å². The molecule has 142 valence electrons. The van der Waals surface area contributed by atoms with Gasteiger partial charge in [-0.3, -0.25) is 9.59 Å². The third-order valence-corrected chi connectivity index (χ3v) is 4.72. The number of anilines is 3. The third kappa shape index (κ3) is 4.17. The first-order chi connectivity index (χ1) is 12.7. The highest BCUT2D eigenvalue weighted by Gasteiger charge is 2.20. The van der Waals surface area contributed by atoms with Crippen molar-refractivity contribution in [3.05, 3.63) is 46.0 Å². The standard InChI is InChI=1S/C20H22ClN3O3/c1-11-5-12(2)20(13(3)6-11)23-18(25)9-24(4)16-8-17-15(7-14(16)21)22-19(26)10-27-17/h5-8H,9-10H2,1-4H3,(H,22,26)(H,23,25). The quantitative estimate of drug-likeness (QED) is 0.839. The Bertz CT molecular complexity index is 904. The summed E-state index contributed by atoms with van der Waals surface area (Å²) in [6, 6.07) is 7.44. The lowest BCUT2D eigenvalue weighted by Gasteiger charge is -2.24. The minimum Gasteiger partial charge on any atom is -0.482 e. The molecule has 1 aliphatic heterocycles. The first-order valence-electron chi connectivity index (χ1n) is 8.59. The monoisotopic (exact) mass is 387 g/mol. The van der Waals surface area contributed by atoms with Gasteiger partial charge >= 0.3 is 0 Å². The number of nitrogens with one attached hydrogen (secondary N) is 2. The molecule has 0 atom stereocenters. The van der Waals surface area contributed by atoms with E-state index in [1.54, 1.807) is 24.1 Å². The average molecular weight is 388 g/mol. The fraction of sp³-hybridized carbons (Fsp3) is 0.300. The Hall–Kier alpha value is -2.73. The summed E-state index contributed by atoms with van der Waals surface area (Å²) in [5, 5.41) is 6.12. The lowest BCUT2D eigenvalue weighted by molar-refractivity contribution is -0.118. The summed E-state index contributed by atoms with van der Waals surface area (Å²) >= 11 is 6.34. The molecule has 2 amide bonds. The molecule has 0 spiro atoms. The average Bonchev–Trinajstić information content (AvgIpc) is 2.57. The summed E-state index contributed by atoms with van der Waals surface area (Å²) in [7, 11) is 1.78. The van der Waals surface area contributed by atoms with Gasteiger partial charge in [-0.05, 0) is 38.0 Å². The van der Waals surface area contributed by atoms with Gasteiger partial charge in [0.2, 0.25) is 5.91 Å². The first kappa shape index (κ1) is 19.0. The predicted octanol–water partition coefficient (Wildman–Crippen LogP) is 3.67. The highest BCUT2D eigenvalue weighted by atomic mass is 35.5. The maximum Gasteiger partial charge on any atom is 0.262 e. The second kappa shape index (κ2) is 7.48. The van der Waals surface area contributed by atoms with Crippen LogP contribution in [-0.4, -0.2) is 32.0 Å². The Morgan fingerprint density at radius 2 is 1.89 bits per heavy atom. The lowest BCUT2D eigenvalue weighted by atomic mass is 10.1. The van der Waals surface area contributed by atoms with Crippen LogP contribution in [0.2, 0.25) is 5.02 Å². The maximum absolute atomic E-state index is 12.5. The van der Waals surface area contributed by atoms with Gasteiger partial charge in [-0.1, -0.05) is 29.3 Å². The van der Waals surface area contributed by atoms with E-state index in [0.29, 0.717) is 22.1 Å². The van der Waals surface area contributed by atoms with Crippen molar-refractivity contribution in [2.45, 2.75) is 20.8 Å². The molecular formula is C20H22ClN3O3. The summed E-state index contributed by atoms with van der Waals surface area (Å²) in [4.78, 5) is 25.7. The number of rotatable bonds is 4. The Morgan fingerprint density at radius 1 is 1.22 bits per heavy atom. The Labute approximate surface area is 163 Å². The van der Waals surface area contributed by atoms with Gasteiger partial charge < -0.3 is 20.3 Å². The molecule has 7 heteroatoms. The van der Waals surface area contributed by atoms with E-state index >= 15 is 0 Å². The maximum atomic E-state index is 12.5. The topological polar surface area (TPSA) is 70.7 Å². The lowest BCUT2D eigenvalue weighted by Crippen LogP contribution is -2.31. The molecule has 2 N–H and O–H groups in total. The number of hydrogen-bond donors (Lipinski definition) is 2. The zero-order valence-electron chi connectivity index (χ0n) is 15.8. The molecule has 1 aliphatic rings. The zero-order valence-corrected chi connectivity index (χ0v) is 16.5. The fourth-order valence-electron chi connectivity index (χ4n) is 3.24. The number of aryl methyl sites for hydroxylation is 3. The predicted molar refractivity (Wildman–Crippen MR) is 108 cm³/mol. The first-order valence-corrected chi connectivity index (χ1v) is 8.97. The molecule has 1 heterocycles. The number of benzene rings is 2. The molecule has 3 rings (SSSR count). The number of nitrogens with zero attached hydrogens (tertiary/aromatic N) is 1. The van der Waals surface area contributed by atoms with E-state index in [2.05, 4.69) is 10.6 Å². The Morgan fingerprint density at radius 3 is 2.56 bits per heavy atom. The van der Waals surface area contributed by atoms with Crippen LogP contribution < -0.4 is 20.3 Å². The molecule has 27 heavy (non-hydrogen) atoms. The van der Waals surface area contributed by atoms with Crippen LogP contribution in [0.3, 0.4) is 0 Å². The van der Waals surface area contributed by atoms with Crippen LogP contribution in [0.25, 0.3) is 0 Å². The van der Waals surface area contributed by atoms with Gasteiger partial charge in [-0.15, -0.1) is 0 Å². The van der Waals surface area contributed by atoms with Crippen LogP contribution in [0, 0.1) is 20.8 Å². The van der Waals surface area contributed by atoms with E-state index < -0.39 is 0 Å². The summed E-state index contributed by atoms with van der Waals surface area (Å²) < 4.78 is 5.43. The van der Waals surface area contributed by atoms with Crippen molar-refractivity contribution in [3.63, 3.8) is 0 Å². The van der Waals surface area contributed by atoms with Crippen molar-refractivity contribution in [1.29, 1.82) is 0 Å². The van der Waals surface area contributed by atoms with Gasteiger partial charge in [0.1, 0.15) is 5.75 Å². The number of likely N-dealkylation sites (N-methyl/N-ethyl adjacent to an activating group) is 1. The second-order valence-corrected chi connectivity index (χ2v) is 7.22. The SMILES string of the molecule is Cc1cc(C)c(NC(=O)CN(C)c2cc3c(cc2Cl)NC(=O)CO3)c(C)c1. The number of halogens is 1. The molecule has 0 bridgehead atoms. The van der Waals surface area contributed by atoms with Crippen molar-refractivity contribution in [3.8, 4) is 5.75 Å². The van der Waals surface area contributed by atoms with Crippen LogP contribution in [0.5, 0.6) is 5.75 Å². The number of ether oxygens (including phenoxy) is 1. The Balaban J connectivity index is 1.75. The van der Waals surface area contributed by atoms with Crippen LogP contribution in [0.4, 0.5) is 17.1 Å². The van der Waals surface area contributed by atoms with Gasteiger partial charge in [0.25, 0.3) is 5.91 Å². The molecule has 0 saturated heterocycles. The minimum absolute atomic E-state index is 0.0374. The number of fused-ring (bicyclic) bond motifs is 1. The van der Waals surface area contributed by atoms with Crippen LogP contribution in [0.1, 0.15) is 16.7 Å². The summed E-state index contributed by atoms with van der Waals surface area (Å²) in [5.74, 6) is 0.171. The molecule has 0 saturated carbocycles. The summed E-state index contributed by atoms with van der Waals surface area (Å²) in [5.41, 5.74) is 5.23. The number of amides is 2. The number of hydrogen-bond acceptors (Lipinski definition) is 4. The number of carbonyl (C=O) groups is 2. The molecule has 0 aliphatic carbocycles. The second-order valence-electron chi connectivity index (χ2n) is 6.81. The zero-order chi connectivity index (χ0) is 19.7. The minimum atomic E-state index is -0.220. The van der Waals surface area contributed by atoms with Crippen LogP contribution in [0.15, 0.2) is 24.3 Å². The number of carbonyl (C=O) groups excluding carboxylic acids is 2. The Kier molecular flexibility index (Phi) is 5.28. The van der Waals surface area contributed by atoms with E-state index in [0.717, 1.165) is 22.4 Å². The molecule has 2 aromatic carbocycles. The van der Waals surface area contributed by atoms with E-state index in [1.807, 2.05) is 32.9 Å². The molecule has 0 unspecified atom stereocenters. The molecule has 0 radical (unpaired) electrons. The van der Waals surface area contributed by atoms with E-state index in [-0.39, 0.29) is 25.0 Å². The van der Waals surface area contributed by atoms with Crippen LogP contribution >= 0.6 is 11.6 Å². The molecule has 0 aromatic heterocycles. The van der Waals surface area contributed by atoms with Crippen molar-refractivity contribution in [2.75, 3.05) is 35.7 Å². The third-order valence-electron chi connectivity index (χ3n) is 4.42. The van der Waals surface area contributed by atoms with Crippen LogP contribution in [-0.2, 0) is 9.59 Å².